The monoisotopic (exact) mass is 369 g/mol. The van der Waals surface area contributed by atoms with Gasteiger partial charge in [0.25, 0.3) is 5.56 Å². The van der Waals surface area contributed by atoms with Crippen molar-refractivity contribution in [2.75, 3.05) is 13.7 Å². The third kappa shape index (κ3) is 2.95. The fourth-order valence-electron chi connectivity index (χ4n) is 3.32. The van der Waals surface area contributed by atoms with E-state index in [9.17, 15) is 9.18 Å². The summed E-state index contributed by atoms with van der Waals surface area (Å²) in [6.07, 6.45) is 3.93. The van der Waals surface area contributed by atoms with Gasteiger partial charge in [-0.3, -0.25) is 9.36 Å². The van der Waals surface area contributed by atoms with Crippen LogP contribution >= 0.6 is 11.6 Å². The van der Waals surface area contributed by atoms with Crippen LogP contribution in [0.2, 0.25) is 5.02 Å². The summed E-state index contributed by atoms with van der Waals surface area (Å²) in [4.78, 5) is 17.0. The SMILES string of the molecule is CN1C=CN(Cc2cc(=O)n(-c3cccc(Cl)c3)c3c(F)cccc23)C1. The van der Waals surface area contributed by atoms with Gasteiger partial charge in [0.2, 0.25) is 0 Å². The number of hydrogen-bond acceptors (Lipinski definition) is 3. The molecule has 6 heteroatoms. The molecule has 0 saturated heterocycles. The number of para-hydroxylation sites is 1. The lowest BCUT2D eigenvalue weighted by atomic mass is 10.1. The number of fused-ring (bicyclic) bond motifs is 1. The van der Waals surface area contributed by atoms with Crippen molar-refractivity contribution in [3.05, 3.63) is 87.7 Å². The van der Waals surface area contributed by atoms with Gasteiger partial charge in [-0.05, 0) is 29.8 Å². The van der Waals surface area contributed by atoms with Crippen LogP contribution in [0.1, 0.15) is 5.56 Å². The minimum Gasteiger partial charge on any atom is -0.362 e. The first kappa shape index (κ1) is 16.7. The van der Waals surface area contributed by atoms with Crippen molar-refractivity contribution in [1.29, 1.82) is 0 Å². The summed E-state index contributed by atoms with van der Waals surface area (Å²) in [5.74, 6) is -0.435. The van der Waals surface area contributed by atoms with Gasteiger partial charge in [-0.1, -0.05) is 29.8 Å². The molecule has 3 aromatic rings. The van der Waals surface area contributed by atoms with E-state index in [0.717, 1.165) is 12.2 Å². The van der Waals surface area contributed by atoms with Crippen molar-refractivity contribution < 1.29 is 4.39 Å². The molecular formula is C20H17ClFN3O. The van der Waals surface area contributed by atoms with Crippen LogP contribution in [0, 0.1) is 5.82 Å². The minimum atomic E-state index is -0.435. The normalized spacial score (nSPS) is 13.8. The summed E-state index contributed by atoms with van der Waals surface area (Å²) in [6, 6.07) is 13.3. The Morgan fingerprint density at radius 1 is 1.12 bits per heavy atom. The van der Waals surface area contributed by atoms with E-state index >= 15 is 0 Å². The van der Waals surface area contributed by atoms with E-state index in [1.165, 1.54) is 10.6 Å². The summed E-state index contributed by atoms with van der Waals surface area (Å²) in [6.45, 7) is 1.26. The summed E-state index contributed by atoms with van der Waals surface area (Å²) >= 11 is 6.07. The van der Waals surface area contributed by atoms with Gasteiger partial charge in [0, 0.05) is 42.5 Å². The van der Waals surface area contributed by atoms with E-state index in [2.05, 4.69) is 4.90 Å². The summed E-state index contributed by atoms with van der Waals surface area (Å²) in [5, 5.41) is 1.21. The first-order valence-electron chi connectivity index (χ1n) is 8.24. The number of hydrogen-bond donors (Lipinski definition) is 0. The van der Waals surface area contributed by atoms with E-state index in [0.29, 0.717) is 22.6 Å². The molecule has 0 radical (unpaired) electrons. The second-order valence-electron chi connectivity index (χ2n) is 6.40. The maximum absolute atomic E-state index is 14.7. The van der Waals surface area contributed by atoms with Crippen LogP contribution in [0.5, 0.6) is 0 Å². The van der Waals surface area contributed by atoms with E-state index in [1.54, 1.807) is 36.4 Å². The van der Waals surface area contributed by atoms with Gasteiger partial charge in [0.1, 0.15) is 5.82 Å². The van der Waals surface area contributed by atoms with Gasteiger partial charge >= 0.3 is 0 Å². The molecule has 0 amide bonds. The highest BCUT2D eigenvalue weighted by Crippen LogP contribution is 2.25. The molecule has 26 heavy (non-hydrogen) atoms. The maximum atomic E-state index is 14.7. The van der Waals surface area contributed by atoms with Crippen LogP contribution < -0.4 is 5.56 Å². The largest absolute Gasteiger partial charge is 0.362 e. The average Bonchev–Trinajstić information content (AvgIpc) is 3.01. The summed E-state index contributed by atoms with van der Waals surface area (Å²) in [7, 11) is 1.98. The van der Waals surface area contributed by atoms with Crippen molar-refractivity contribution in [1.82, 2.24) is 14.4 Å². The summed E-state index contributed by atoms with van der Waals surface area (Å²) in [5.41, 5.74) is 1.33. The lowest BCUT2D eigenvalue weighted by molar-refractivity contribution is 0.291. The van der Waals surface area contributed by atoms with Crippen LogP contribution in [-0.2, 0) is 6.54 Å². The number of rotatable bonds is 3. The van der Waals surface area contributed by atoms with E-state index in [1.807, 2.05) is 30.4 Å². The van der Waals surface area contributed by atoms with Crippen LogP contribution in [0.3, 0.4) is 0 Å². The zero-order chi connectivity index (χ0) is 18.3. The highest BCUT2D eigenvalue weighted by atomic mass is 35.5. The minimum absolute atomic E-state index is 0.272. The molecule has 0 bridgehead atoms. The topological polar surface area (TPSA) is 28.5 Å². The molecule has 0 unspecified atom stereocenters. The van der Waals surface area contributed by atoms with Crippen LogP contribution in [-0.4, -0.2) is 28.1 Å². The standard InChI is InChI=1S/C20H17ClFN3O/c1-23-8-9-24(13-23)12-14-10-19(26)25(16-5-2-4-15(21)11-16)20-17(14)6-3-7-18(20)22/h2-11H,12-13H2,1H3. The molecule has 0 saturated carbocycles. The lowest BCUT2D eigenvalue weighted by Gasteiger charge is -2.20. The lowest BCUT2D eigenvalue weighted by Crippen LogP contribution is -2.25. The predicted octanol–water partition coefficient (Wildman–Crippen LogP) is 3.96. The Balaban J connectivity index is 1.92. The first-order valence-corrected chi connectivity index (χ1v) is 8.62. The second-order valence-corrected chi connectivity index (χ2v) is 6.84. The maximum Gasteiger partial charge on any atom is 0.256 e. The number of halogens is 2. The Morgan fingerprint density at radius 2 is 1.92 bits per heavy atom. The Morgan fingerprint density at radius 3 is 2.65 bits per heavy atom. The van der Waals surface area contributed by atoms with Crippen molar-refractivity contribution in [2.45, 2.75) is 6.54 Å². The van der Waals surface area contributed by atoms with Gasteiger partial charge in [0.05, 0.1) is 17.9 Å². The Bertz CT molecular complexity index is 1080. The van der Waals surface area contributed by atoms with Crippen molar-refractivity contribution in [3.8, 4) is 5.69 Å². The van der Waals surface area contributed by atoms with Crippen LogP contribution in [0.15, 0.2) is 65.7 Å². The molecule has 1 aliphatic rings. The molecular weight excluding hydrogens is 353 g/mol. The van der Waals surface area contributed by atoms with Crippen molar-refractivity contribution >= 4 is 22.5 Å². The van der Waals surface area contributed by atoms with Crippen molar-refractivity contribution in [3.63, 3.8) is 0 Å². The van der Waals surface area contributed by atoms with Gasteiger partial charge in [0.15, 0.2) is 0 Å². The third-order valence-electron chi connectivity index (χ3n) is 4.45. The number of aromatic nitrogens is 1. The van der Waals surface area contributed by atoms with Gasteiger partial charge in [-0.2, -0.15) is 0 Å². The molecule has 0 fully saturated rings. The summed E-state index contributed by atoms with van der Waals surface area (Å²) < 4.78 is 16.1. The molecule has 2 aromatic carbocycles. The Labute approximate surface area is 155 Å². The van der Waals surface area contributed by atoms with E-state index < -0.39 is 5.82 Å². The number of nitrogens with zero attached hydrogens (tertiary/aromatic N) is 3. The smallest absolute Gasteiger partial charge is 0.256 e. The molecule has 132 valence electrons. The molecule has 4 nitrogen and oxygen atoms in total. The molecule has 0 spiro atoms. The van der Waals surface area contributed by atoms with Crippen LogP contribution in [0.4, 0.5) is 4.39 Å². The van der Waals surface area contributed by atoms with Gasteiger partial charge in [-0.15, -0.1) is 0 Å². The zero-order valence-corrected chi connectivity index (χ0v) is 14.9. The molecule has 0 N–H and O–H groups in total. The quantitative estimate of drug-likeness (QED) is 0.699. The van der Waals surface area contributed by atoms with Gasteiger partial charge < -0.3 is 9.80 Å². The molecule has 0 atom stereocenters. The molecule has 1 aliphatic heterocycles. The van der Waals surface area contributed by atoms with Crippen LogP contribution in [0.25, 0.3) is 16.6 Å². The molecule has 2 heterocycles. The number of pyridine rings is 1. The van der Waals surface area contributed by atoms with Crippen molar-refractivity contribution in [2.24, 2.45) is 0 Å². The fourth-order valence-corrected chi connectivity index (χ4v) is 3.50. The highest BCUT2D eigenvalue weighted by molar-refractivity contribution is 6.30. The zero-order valence-electron chi connectivity index (χ0n) is 14.2. The predicted molar refractivity (Wildman–Crippen MR) is 102 cm³/mol. The highest BCUT2D eigenvalue weighted by Gasteiger charge is 2.17. The third-order valence-corrected chi connectivity index (χ3v) is 4.69. The molecule has 4 rings (SSSR count). The van der Waals surface area contributed by atoms with Gasteiger partial charge in [-0.25, -0.2) is 4.39 Å². The Kier molecular flexibility index (Phi) is 4.17. The van der Waals surface area contributed by atoms with E-state index in [4.69, 9.17) is 11.6 Å². The fraction of sp³-hybridized carbons (Fsp3) is 0.150. The second kappa shape index (κ2) is 6.50. The first-order chi connectivity index (χ1) is 12.5. The molecule has 1 aromatic heterocycles. The van der Waals surface area contributed by atoms with E-state index in [-0.39, 0.29) is 11.1 Å². The number of benzene rings is 2. The molecule has 0 aliphatic carbocycles. The Hall–Kier alpha value is -2.79. The average molecular weight is 370 g/mol.